The van der Waals surface area contributed by atoms with E-state index in [1.54, 1.807) is 37.3 Å². The molecule has 136 valence electrons. The summed E-state index contributed by atoms with van der Waals surface area (Å²) in [4.78, 5) is 26.6. The van der Waals surface area contributed by atoms with Crippen molar-refractivity contribution in [3.63, 3.8) is 0 Å². The summed E-state index contributed by atoms with van der Waals surface area (Å²) in [6.07, 6.45) is 0.187. The number of benzene rings is 2. The summed E-state index contributed by atoms with van der Waals surface area (Å²) < 4.78 is 10.5. The Morgan fingerprint density at radius 3 is 2.58 bits per heavy atom. The first kappa shape index (κ1) is 17.8. The minimum Gasteiger partial charge on any atom is -0.493 e. The van der Waals surface area contributed by atoms with Gasteiger partial charge in [-0.3, -0.25) is 9.59 Å². The molecule has 0 aliphatic carbocycles. The first-order chi connectivity index (χ1) is 12.5. The molecule has 0 saturated carbocycles. The number of nitrogens with one attached hydrogen (secondary N) is 1. The largest absolute Gasteiger partial charge is 0.493 e. The second-order valence-electron chi connectivity index (χ2n) is 6.30. The molecule has 6 heteroatoms. The highest BCUT2D eigenvalue weighted by Crippen LogP contribution is 2.34. The second kappa shape index (κ2) is 7.47. The van der Waals surface area contributed by atoms with Crippen molar-refractivity contribution in [1.82, 2.24) is 0 Å². The molecule has 1 aliphatic rings. The van der Waals surface area contributed by atoms with Crippen molar-refractivity contribution < 1.29 is 19.1 Å². The van der Waals surface area contributed by atoms with Gasteiger partial charge in [-0.1, -0.05) is 12.1 Å². The third-order valence-electron chi connectivity index (χ3n) is 4.46. The van der Waals surface area contributed by atoms with Crippen molar-refractivity contribution >= 4 is 23.2 Å². The maximum Gasteiger partial charge on any atom is 0.229 e. The van der Waals surface area contributed by atoms with Crippen LogP contribution >= 0.6 is 0 Å². The molecule has 0 spiro atoms. The lowest BCUT2D eigenvalue weighted by Crippen LogP contribution is -2.28. The van der Waals surface area contributed by atoms with E-state index in [0.717, 1.165) is 11.3 Å². The molecule has 2 amide bonds. The van der Waals surface area contributed by atoms with Crippen LogP contribution in [0.15, 0.2) is 42.5 Å². The van der Waals surface area contributed by atoms with E-state index in [-0.39, 0.29) is 18.2 Å². The van der Waals surface area contributed by atoms with Gasteiger partial charge in [-0.05, 0) is 36.8 Å². The summed E-state index contributed by atoms with van der Waals surface area (Å²) in [6.45, 7) is 2.31. The molecule has 1 aliphatic heterocycles. The number of aryl methyl sites for hydroxylation is 1. The Bertz CT molecular complexity index is 834. The Morgan fingerprint density at radius 2 is 1.88 bits per heavy atom. The number of hydrogen-bond acceptors (Lipinski definition) is 4. The van der Waals surface area contributed by atoms with Crippen LogP contribution in [0.4, 0.5) is 11.4 Å². The Kier molecular flexibility index (Phi) is 5.11. The molecule has 2 aromatic rings. The molecule has 1 saturated heterocycles. The standard InChI is InChI=1S/C20H22N2O4/c1-13-5-4-6-15(9-13)21-20(24)14-10-19(23)22(12-14)16-7-8-17(25-2)18(11-16)26-3/h4-9,11,14H,10,12H2,1-3H3,(H,21,24). The van der Waals surface area contributed by atoms with Gasteiger partial charge < -0.3 is 19.7 Å². The summed E-state index contributed by atoms with van der Waals surface area (Å²) in [5.41, 5.74) is 2.50. The highest BCUT2D eigenvalue weighted by molar-refractivity contribution is 6.03. The average molecular weight is 354 g/mol. The van der Waals surface area contributed by atoms with Crippen LogP contribution in [-0.4, -0.2) is 32.6 Å². The molecule has 2 aromatic carbocycles. The minimum atomic E-state index is -0.392. The van der Waals surface area contributed by atoms with Gasteiger partial charge in [0.05, 0.1) is 20.1 Å². The Morgan fingerprint density at radius 1 is 1.12 bits per heavy atom. The lowest BCUT2D eigenvalue weighted by Gasteiger charge is -2.18. The summed E-state index contributed by atoms with van der Waals surface area (Å²) in [5, 5.41) is 2.90. The number of rotatable bonds is 5. The molecule has 1 N–H and O–H groups in total. The van der Waals surface area contributed by atoms with E-state index < -0.39 is 5.92 Å². The number of carbonyl (C=O) groups is 2. The number of methoxy groups -OCH3 is 2. The fraction of sp³-hybridized carbons (Fsp3) is 0.300. The molecule has 6 nitrogen and oxygen atoms in total. The van der Waals surface area contributed by atoms with E-state index in [1.165, 1.54) is 0 Å². The first-order valence-electron chi connectivity index (χ1n) is 8.41. The van der Waals surface area contributed by atoms with Crippen molar-refractivity contribution in [1.29, 1.82) is 0 Å². The molecule has 1 fully saturated rings. The van der Waals surface area contributed by atoms with Gasteiger partial charge >= 0.3 is 0 Å². The molecule has 0 radical (unpaired) electrons. The summed E-state index contributed by atoms with van der Waals surface area (Å²) in [7, 11) is 3.11. The SMILES string of the molecule is COc1ccc(N2CC(C(=O)Nc3cccc(C)c3)CC2=O)cc1OC. The van der Waals surface area contributed by atoms with Crippen LogP contribution in [0.3, 0.4) is 0 Å². The Labute approximate surface area is 152 Å². The fourth-order valence-electron chi connectivity index (χ4n) is 3.09. The van der Waals surface area contributed by atoms with E-state index in [2.05, 4.69) is 5.32 Å². The summed E-state index contributed by atoms with van der Waals surface area (Å²) >= 11 is 0. The van der Waals surface area contributed by atoms with E-state index >= 15 is 0 Å². The molecule has 1 atom stereocenters. The van der Waals surface area contributed by atoms with Crippen LogP contribution in [0.25, 0.3) is 0 Å². The van der Waals surface area contributed by atoms with Crippen molar-refractivity contribution in [2.75, 3.05) is 31.0 Å². The van der Waals surface area contributed by atoms with Gasteiger partial charge in [0.15, 0.2) is 11.5 Å². The van der Waals surface area contributed by atoms with Gasteiger partial charge in [-0.15, -0.1) is 0 Å². The van der Waals surface area contributed by atoms with Crippen LogP contribution in [-0.2, 0) is 9.59 Å². The fourth-order valence-corrected chi connectivity index (χ4v) is 3.09. The van der Waals surface area contributed by atoms with Crippen LogP contribution in [0.2, 0.25) is 0 Å². The monoisotopic (exact) mass is 354 g/mol. The minimum absolute atomic E-state index is 0.0818. The molecule has 1 unspecified atom stereocenters. The Balaban J connectivity index is 1.73. The number of amides is 2. The topological polar surface area (TPSA) is 67.9 Å². The number of anilines is 2. The maximum absolute atomic E-state index is 12.5. The average Bonchev–Trinajstić information content (AvgIpc) is 3.03. The quantitative estimate of drug-likeness (QED) is 0.896. The zero-order valence-corrected chi connectivity index (χ0v) is 15.1. The predicted molar refractivity (Wildman–Crippen MR) is 99.8 cm³/mol. The van der Waals surface area contributed by atoms with Crippen LogP contribution in [0.5, 0.6) is 11.5 Å². The number of carbonyl (C=O) groups excluding carboxylic acids is 2. The highest BCUT2D eigenvalue weighted by atomic mass is 16.5. The van der Waals surface area contributed by atoms with Crippen LogP contribution < -0.4 is 19.7 Å². The van der Waals surface area contributed by atoms with E-state index in [0.29, 0.717) is 23.7 Å². The third-order valence-corrected chi connectivity index (χ3v) is 4.46. The van der Waals surface area contributed by atoms with Crippen molar-refractivity contribution in [3.05, 3.63) is 48.0 Å². The van der Waals surface area contributed by atoms with Gasteiger partial charge in [-0.25, -0.2) is 0 Å². The van der Waals surface area contributed by atoms with Crippen molar-refractivity contribution in [2.24, 2.45) is 5.92 Å². The second-order valence-corrected chi connectivity index (χ2v) is 6.30. The Hall–Kier alpha value is -3.02. The zero-order chi connectivity index (χ0) is 18.7. The number of hydrogen-bond donors (Lipinski definition) is 1. The van der Waals surface area contributed by atoms with Gasteiger partial charge in [0.25, 0.3) is 0 Å². The molecular weight excluding hydrogens is 332 g/mol. The molecule has 0 aromatic heterocycles. The number of ether oxygens (including phenoxy) is 2. The lowest BCUT2D eigenvalue weighted by atomic mass is 10.1. The molecule has 26 heavy (non-hydrogen) atoms. The molecular formula is C20H22N2O4. The molecule has 3 rings (SSSR count). The van der Waals surface area contributed by atoms with Crippen molar-refractivity contribution in [3.8, 4) is 11.5 Å². The predicted octanol–water partition coefficient (Wildman–Crippen LogP) is 3.00. The first-order valence-corrected chi connectivity index (χ1v) is 8.41. The lowest BCUT2D eigenvalue weighted by molar-refractivity contribution is -0.122. The zero-order valence-electron chi connectivity index (χ0n) is 15.1. The highest BCUT2D eigenvalue weighted by Gasteiger charge is 2.35. The van der Waals surface area contributed by atoms with Gasteiger partial charge in [0.1, 0.15) is 0 Å². The van der Waals surface area contributed by atoms with E-state index in [4.69, 9.17) is 9.47 Å². The molecule has 1 heterocycles. The summed E-state index contributed by atoms with van der Waals surface area (Å²) in [5.74, 6) is 0.520. The van der Waals surface area contributed by atoms with Gasteiger partial charge in [0, 0.05) is 30.4 Å². The third kappa shape index (κ3) is 3.64. The summed E-state index contributed by atoms with van der Waals surface area (Å²) in [6, 6.07) is 12.9. The normalized spacial score (nSPS) is 16.5. The van der Waals surface area contributed by atoms with Crippen LogP contribution in [0.1, 0.15) is 12.0 Å². The van der Waals surface area contributed by atoms with Crippen LogP contribution in [0, 0.1) is 12.8 Å². The van der Waals surface area contributed by atoms with Crippen molar-refractivity contribution in [2.45, 2.75) is 13.3 Å². The van der Waals surface area contributed by atoms with Gasteiger partial charge in [0.2, 0.25) is 11.8 Å². The maximum atomic E-state index is 12.5. The van der Waals surface area contributed by atoms with E-state index in [1.807, 2.05) is 31.2 Å². The number of nitrogens with zero attached hydrogens (tertiary/aromatic N) is 1. The van der Waals surface area contributed by atoms with Gasteiger partial charge in [-0.2, -0.15) is 0 Å². The van der Waals surface area contributed by atoms with E-state index in [9.17, 15) is 9.59 Å². The smallest absolute Gasteiger partial charge is 0.229 e. The molecule has 0 bridgehead atoms.